The minimum atomic E-state index is -0.647. The van der Waals surface area contributed by atoms with E-state index in [1.165, 1.54) is 11.1 Å². The summed E-state index contributed by atoms with van der Waals surface area (Å²) in [6.07, 6.45) is 1.71. The van der Waals surface area contributed by atoms with Crippen LogP contribution in [0.25, 0.3) is 0 Å². The lowest BCUT2D eigenvalue weighted by atomic mass is 9.92. The number of anilines is 1. The second kappa shape index (κ2) is 4.85. The second-order valence-corrected chi connectivity index (χ2v) is 5.75. The van der Waals surface area contributed by atoms with Gasteiger partial charge >= 0.3 is 0 Å². The molecule has 3 rings (SSSR count). The quantitative estimate of drug-likeness (QED) is 0.885. The number of nitriles is 1. The smallest absolute Gasteiger partial charge is 0.151 e. The maximum absolute atomic E-state index is 9.74. The molecule has 0 aromatic heterocycles. The molecule has 1 unspecified atom stereocenters. The maximum atomic E-state index is 9.74. The molecule has 0 aliphatic heterocycles. The first kappa shape index (κ1) is 13.0. The molecule has 0 saturated heterocycles. The van der Waals surface area contributed by atoms with Crippen molar-refractivity contribution in [3.05, 3.63) is 64.2 Å². The topological polar surface area (TPSA) is 35.8 Å². The van der Waals surface area contributed by atoms with Crippen LogP contribution in [0.5, 0.6) is 0 Å². The Morgan fingerprint density at radius 1 is 1.25 bits per heavy atom. The van der Waals surface area contributed by atoms with Gasteiger partial charge in [0.2, 0.25) is 0 Å². The van der Waals surface area contributed by atoms with Gasteiger partial charge in [-0.2, -0.15) is 5.26 Å². The maximum Gasteiger partial charge on any atom is 0.151 e. The van der Waals surface area contributed by atoms with E-state index in [0.29, 0.717) is 5.02 Å². The van der Waals surface area contributed by atoms with Crippen molar-refractivity contribution in [2.45, 2.75) is 25.3 Å². The van der Waals surface area contributed by atoms with Crippen molar-refractivity contribution in [3.63, 3.8) is 0 Å². The van der Waals surface area contributed by atoms with Crippen LogP contribution in [0.1, 0.15) is 23.1 Å². The van der Waals surface area contributed by atoms with Gasteiger partial charge < -0.3 is 5.32 Å². The molecular weight excluding hydrogens is 268 g/mol. The van der Waals surface area contributed by atoms with Gasteiger partial charge in [0.05, 0.1) is 6.07 Å². The average Bonchev–Trinajstić information content (AvgIpc) is 2.78. The Bertz CT molecular complexity index is 702. The van der Waals surface area contributed by atoms with E-state index in [4.69, 9.17) is 11.6 Å². The lowest BCUT2D eigenvalue weighted by molar-refractivity contribution is 0.621. The van der Waals surface area contributed by atoms with Crippen LogP contribution in [0.4, 0.5) is 5.69 Å². The fourth-order valence-corrected chi connectivity index (χ4v) is 3.04. The molecule has 0 heterocycles. The van der Waals surface area contributed by atoms with E-state index in [1.807, 2.05) is 24.3 Å². The van der Waals surface area contributed by atoms with Gasteiger partial charge in [-0.1, -0.05) is 41.4 Å². The van der Waals surface area contributed by atoms with Crippen LogP contribution >= 0.6 is 11.6 Å². The van der Waals surface area contributed by atoms with Gasteiger partial charge in [-0.15, -0.1) is 0 Å². The van der Waals surface area contributed by atoms with Crippen LogP contribution in [-0.2, 0) is 12.0 Å². The third kappa shape index (κ3) is 2.15. The zero-order chi connectivity index (χ0) is 14.2. The number of nitrogens with one attached hydrogen (secondary N) is 1. The summed E-state index contributed by atoms with van der Waals surface area (Å²) in [5.74, 6) is 0. The van der Waals surface area contributed by atoms with E-state index in [-0.39, 0.29) is 0 Å². The molecular formula is C17H15ClN2. The van der Waals surface area contributed by atoms with Gasteiger partial charge in [-0.25, -0.2) is 0 Å². The van der Waals surface area contributed by atoms with Crippen molar-refractivity contribution < 1.29 is 0 Å². The standard InChI is InChI=1S/C17H15ClN2/c1-12-5-6-13-7-8-17(11-19,16(13)9-12)20-15-4-2-3-14(18)10-15/h2-6,9-10,20H,7-8H2,1H3. The molecule has 1 aliphatic carbocycles. The van der Waals surface area contributed by atoms with Gasteiger partial charge in [0.1, 0.15) is 0 Å². The van der Waals surface area contributed by atoms with E-state index in [1.54, 1.807) is 0 Å². The molecule has 2 aromatic rings. The molecule has 2 nitrogen and oxygen atoms in total. The van der Waals surface area contributed by atoms with Crippen LogP contribution in [0.3, 0.4) is 0 Å². The second-order valence-electron chi connectivity index (χ2n) is 5.31. The van der Waals surface area contributed by atoms with E-state index in [9.17, 15) is 5.26 Å². The highest BCUT2D eigenvalue weighted by molar-refractivity contribution is 6.30. The third-order valence-electron chi connectivity index (χ3n) is 3.87. The zero-order valence-electron chi connectivity index (χ0n) is 11.3. The Morgan fingerprint density at radius 2 is 2.10 bits per heavy atom. The molecule has 20 heavy (non-hydrogen) atoms. The van der Waals surface area contributed by atoms with Crippen molar-refractivity contribution in [1.29, 1.82) is 5.26 Å². The van der Waals surface area contributed by atoms with Gasteiger partial charge in [0.25, 0.3) is 0 Å². The number of hydrogen-bond donors (Lipinski definition) is 1. The largest absolute Gasteiger partial charge is 0.364 e. The number of aryl methyl sites for hydroxylation is 2. The highest BCUT2D eigenvalue weighted by atomic mass is 35.5. The Labute approximate surface area is 124 Å². The molecule has 0 saturated carbocycles. The highest BCUT2D eigenvalue weighted by Gasteiger charge is 2.39. The molecule has 0 amide bonds. The van der Waals surface area contributed by atoms with Gasteiger partial charge in [-0.05, 0) is 49.1 Å². The molecule has 3 heteroatoms. The average molecular weight is 283 g/mol. The summed E-state index contributed by atoms with van der Waals surface area (Å²) < 4.78 is 0. The predicted octanol–water partition coefficient (Wildman–Crippen LogP) is 4.43. The van der Waals surface area contributed by atoms with E-state index >= 15 is 0 Å². The first-order chi connectivity index (χ1) is 9.63. The lowest BCUT2D eigenvalue weighted by Crippen LogP contribution is -2.31. The van der Waals surface area contributed by atoms with Gasteiger partial charge in [0.15, 0.2) is 5.54 Å². The van der Waals surface area contributed by atoms with Crippen molar-refractivity contribution in [1.82, 2.24) is 0 Å². The summed E-state index contributed by atoms with van der Waals surface area (Å²) in [4.78, 5) is 0. The van der Waals surface area contributed by atoms with E-state index in [0.717, 1.165) is 24.1 Å². The van der Waals surface area contributed by atoms with Crippen molar-refractivity contribution in [2.75, 3.05) is 5.32 Å². The molecule has 1 N–H and O–H groups in total. The van der Waals surface area contributed by atoms with Crippen LogP contribution in [0.2, 0.25) is 5.02 Å². The summed E-state index contributed by atoms with van der Waals surface area (Å²) in [6.45, 7) is 2.06. The molecule has 0 bridgehead atoms. The number of nitrogens with zero attached hydrogens (tertiary/aromatic N) is 1. The number of hydrogen-bond acceptors (Lipinski definition) is 2. The molecule has 1 atom stereocenters. The summed E-state index contributed by atoms with van der Waals surface area (Å²) in [5.41, 5.74) is 3.77. The van der Waals surface area contributed by atoms with E-state index < -0.39 is 5.54 Å². The Hall–Kier alpha value is -1.98. The molecule has 2 aromatic carbocycles. The molecule has 100 valence electrons. The Morgan fingerprint density at radius 3 is 2.85 bits per heavy atom. The normalized spacial score (nSPS) is 20.2. The van der Waals surface area contributed by atoms with Crippen molar-refractivity contribution in [3.8, 4) is 6.07 Å². The summed E-state index contributed by atoms with van der Waals surface area (Å²) in [5, 5.41) is 13.8. The minimum Gasteiger partial charge on any atom is -0.364 e. The van der Waals surface area contributed by atoms with Crippen LogP contribution < -0.4 is 5.32 Å². The number of benzene rings is 2. The molecule has 0 radical (unpaired) electrons. The summed E-state index contributed by atoms with van der Waals surface area (Å²) in [7, 11) is 0. The zero-order valence-corrected chi connectivity index (χ0v) is 12.0. The highest BCUT2D eigenvalue weighted by Crippen LogP contribution is 2.39. The fraction of sp³-hybridized carbons (Fsp3) is 0.235. The Kier molecular flexibility index (Phi) is 3.16. The van der Waals surface area contributed by atoms with Gasteiger partial charge in [-0.3, -0.25) is 0 Å². The third-order valence-corrected chi connectivity index (χ3v) is 4.10. The van der Waals surface area contributed by atoms with Gasteiger partial charge in [0, 0.05) is 10.7 Å². The number of fused-ring (bicyclic) bond motifs is 1. The molecule has 1 aliphatic rings. The first-order valence-corrected chi connectivity index (χ1v) is 7.06. The first-order valence-electron chi connectivity index (χ1n) is 6.68. The number of halogens is 1. The number of rotatable bonds is 2. The van der Waals surface area contributed by atoms with Crippen molar-refractivity contribution >= 4 is 17.3 Å². The Balaban J connectivity index is 2.03. The van der Waals surface area contributed by atoms with Crippen LogP contribution in [-0.4, -0.2) is 0 Å². The van der Waals surface area contributed by atoms with Crippen molar-refractivity contribution in [2.24, 2.45) is 0 Å². The SMILES string of the molecule is Cc1ccc2c(c1)C(C#N)(Nc1cccc(Cl)c1)CC2. The van der Waals surface area contributed by atoms with E-state index in [2.05, 4.69) is 36.5 Å². The molecule has 0 spiro atoms. The predicted molar refractivity (Wildman–Crippen MR) is 81.9 cm³/mol. The fourth-order valence-electron chi connectivity index (χ4n) is 2.85. The monoisotopic (exact) mass is 282 g/mol. The van der Waals surface area contributed by atoms with Crippen LogP contribution in [0, 0.1) is 18.3 Å². The summed E-state index contributed by atoms with van der Waals surface area (Å²) in [6, 6.07) is 16.3. The lowest BCUT2D eigenvalue weighted by Gasteiger charge is -2.25. The summed E-state index contributed by atoms with van der Waals surface area (Å²) >= 11 is 6.02. The van der Waals surface area contributed by atoms with Crippen LogP contribution in [0.15, 0.2) is 42.5 Å². The molecule has 0 fully saturated rings. The minimum absolute atomic E-state index is 0.647.